The molecule has 1 aliphatic heterocycles. The van der Waals surface area contributed by atoms with E-state index < -0.39 is 5.60 Å². The lowest BCUT2D eigenvalue weighted by atomic mass is 10.1. The zero-order valence-corrected chi connectivity index (χ0v) is 13.5. The van der Waals surface area contributed by atoms with Crippen LogP contribution in [-0.4, -0.2) is 45.8 Å². The lowest BCUT2D eigenvalue weighted by molar-refractivity contribution is 0.0210. The maximum Gasteiger partial charge on any atom is 0.410 e. The molecule has 0 spiro atoms. The number of anilines is 1. The standard InChI is InChI=1S/C16H25N3O3/c1-16(2,3)22-15(21)19-8-6-13(7-9-19)18-14-5-4-12(11-20)10-17-14/h4-5,10,13,20H,6-9,11H2,1-3H3,(H,17,18). The fraction of sp³-hybridized carbons (Fsp3) is 0.625. The molecule has 1 aromatic heterocycles. The van der Waals surface area contributed by atoms with Gasteiger partial charge in [-0.1, -0.05) is 6.07 Å². The van der Waals surface area contributed by atoms with Gasteiger partial charge in [-0.2, -0.15) is 0 Å². The molecule has 122 valence electrons. The summed E-state index contributed by atoms with van der Waals surface area (Å²) >= 11 is 0. The van der Waals surface area contributed by atoms with Gasteiger partial charge in [0.05, 0.1) is 6.61 Å². The van der Waals surface area contributed by atoms with Crippen LogP contribution in [0.3, 0.4) is 0 Å². The van der Waals surface area contributed by atoms with Crippen molar-refractivity contribution >= 4 is 11.9 Å². The van der Waals surface area contributed by atoms with E-state index in [4.69, 9.17) is 9.84 Å². The van der Waals surface area contributed by atoms with Crippen molar-refractivity contribution < 1.29 is 14.6 Å². The molecule has 2 N–H and O–H groups in total. The molecule has 0 atom stereocenters. The Bertz CT molecular complexity index is 488. The number of hydrogen-bond acceptors (Lipinski definition) is 5. The number of pyridine rings is 1. The summed E-state index contributed by atoms with van der Waals surface area (Å²) in [7, 11) is 0. The smallest absolute Gasteiger partial charge is 0.410 e. The van der Waals surface area contributed by atoms with Crippen molar-refractivity contribution in [2.45, 2.75) is 51.9 Å². The van der Waals surface area contributed by atoms with Crippen LogP contribution in [0, 0.1) is 0 Å². The molecule has 6 nitrogen and oxygen atoms in total. The van der Waals surface area contributed by atoms with E-state index in [2.05, 4.69) is 10.3 Å². The number of rotatable bonds is 3. The summed E-state index contributed by atoms with van der Waals surface area (Å²) in [5.41, 5.74) is 0.343. The van der Waals surface area contributed by atoms with Crippen LogP contribution in [-0.2, 0) is 11.3 Å². The number of hydrogen-bond donors (Lipinski definition) is 2. The predicted octanol–water partition coefficient (Wildman–Crippen LogP) is 2.39. The molecule has 1 saturated heterocycles. The zero-order valence-electron chi connectivity index (χ0n) is 13.5. The third-order valence-electron chi connectivity index (χ3n) is 3.51. The number of piperidine rings is 1. The van der Waals surface area contributed by atoms with Crippen molar-refractivity contribution in [2.24, 2.45) is 0 Å². The Morgan fingerprint density at radius 2 is 2.09 bits per heavy atom. The van der Waals surface area contributed by atoms with E-state index in [1.54, 1.807) is 11.1 Å². The molecule has 0 radical (unpaired) electrons. The summed E-state index contributed by atoms with van der Waals surface area (Å²) in [6.07, 6.45) is 3.15. The third-order valence-corrected chi connectivity index (χ3v) is 3.51. The average Bonchev–Trinajstić information content (AvgIpc) is 2.47. The van der Waals surface area contributed by atoms with Crippen LogP contribution >= 0.6 is 0 Å². The maximum atomic E-state index is 12.0. The molecule has 0 aliphatic carbocycles. The van der Waals surface area contributed by atoms with Crippen LogP contribution in [0.5, 0.6) is 0 Å². The Balaban J connectivity index is 1.80. The van der Waals surface area contributed by atoms with Crippen molar-refractivity contribution in [1.29, 1.82) is 0 Å². The van der Waals surface area contributed by atoms with E-state index in [0.29, 0.717) is 19.1 Å². The van der Waals surface area contributed by atoms with Crippen molar-refractivity contribution in [3.8, 4) is 0 Å². The van der Waals surface area contributed by atoms with E-state index in [1.165, 1.54) is 0 Å². The first-order chi connectivity index (χ1) is 10.4. The quantitative estimate of drug-likeness (QED) is 0.897. The number of likely N-dealkylation sites (tertiary alicyclic amines) is 1. The second-order valence-corrected chi connectivity index (χ2v) is 6.60. The largest absolute Gasteiger partial charge is 0.444 e. The molecule has 1 aromatic rings. The molecule has 22 heavy (non-hydrogen) atoms. The van der Waals surface area contributed by atoms with E-state index >= 15 is 0 Å². The van der Waals surface area contributed by atoms with Gasteiger partial charge in [0.2, 0.25) is 0 Å². The van der Waals surface area contributed by atoms with Crippen LogP contribution in [0.15, 0.2) is 18.3 Å². The Morgan fingerprint density at radius 1 is 1.41 bits per heavy atom. The molecule has 1 amide bonds. The van der Waals surface area contributed by atoms with Crippen molar-refractivity contribution in [2.75, 3.05) is 18.4 Å². The van der Waals surface area contributed by atoms with Gasteiger partial charge in [-0.3, -0.25) is 0 Å². The van der Waals surface area contributed by atoms with E-state index in [0.717, 1.165) is 24.2 Å². The molecule has 0 aromatic carbocycles. The van der Waals surface area contributed by atoms with Crippen LogP contribution < -0.4 is 5.32 Å². The molecule has 6 heteroatoms. The molecular weight excluding hydrogens is 282 g/mol. The molecule has 0 unspecified atom stereocenters. The van der Waals surface area contributed by atoms with Gasteiger partial charge in [0, 0.05) is 25.3 Å². The normalized spacial score (nSPS) is 16.5. The highest BCUT2D eigenvalue weighted by atomic mass is 16.6. The van der Waals surface area contributed by atoms with Gasteiger partial charge in [0.15, 0.2) is 0 Å². The minimum absolute atomic E-state index is 0.00154. The highest BCUT2D eigenvalue weighted by Gasteiger charge is 2.26. The van der Waals surface area contributed by atoms with Crippen molar-refractivity contribution in [1.82, 2.24) is 9.88 Å². The molecular formula is C16H25N3O3. The SMILES string of the molecule is CC(C)(C)OC(=O)N1CCC(Nc2ccc(CO)cn2)CC1. The average molecular weight is 307 g/mol. The Hall–Kier alpha value is -1.82. The predicted molar refractivity (Wildman–Crippen MR) is 84.6 cm³/mol. The van der Waals surface area contributed by atoms with Gasteiger partial charge in [-0.05, 0) is 45.2 Å². The zero-order chi connectivity index (χ0) is 16.2. The number of aromatic nitrogens is 1. The first-order valence-electron chi connectivity index (χ1n) is 7.67. The number of carbonyl (C=O) groups is 1. The monoisotopic (exact) mass is 307 g/mol. The van der Waals surface area contributed by atoms with Crippen LogP contribution in [0.4, 0.5) is 10.6 Å². The maximum absolute atomic E-state index is 12.0. The van der Waals surface area contributed by atoms with E-state index in [9.17, 15) is 4.79 Å². The summed E-state index contributed by atoms with van der Waals surface area (Å²) in [6, 6.07) is 4.02. The molecule has 1 aliphatic rings. The van der Waals surface area contributed by atoms with Gasteiger partial charge >= 0.3 is 6.09 Å². The Labute approximate surface area is 131 Å². The molecule has 0 bridgehead atoms. The molecule has 0 saturated carbocycles. The van der Waals surface area contributed by atoms with Crippen molar-refractivity contribution in [3.05, 3.63) is 23.9 Å². The summed E-state index contributed by atoms with van der Waals surface area (Å²) < 4.78 is 5.39. The first-order valence-corrected chi connectivity index (χ1v) is 7.67. The number of amides is 1. The van der Waals surface area contributed by atoms with Crippen molar-refractivity contribution in [3.63, 3.8) is 0 Å². The Kier molecular flexibility index (Phi) is 5.24. The Morgan fingerprint density at radius 3 is 2.59 bits per heavy atom. The fourth-order valence-corrected chi connectivity index (χ4v) is 2.35. The summed E-state index contributed by atoms with van der Waals surface area (Å²) in [5, 5.41) is 12.4. The van der Waals surface area contributed by atoms with Crippen LogP contribution in [0.1, 0.15) is 39.2 Å². The van der Waals surface area contributed by atoms with Crippen LogP contribution in [0.2, 0.25) is 0 Å². The summed E-state index contributed by atoms with van der Waals surface area (Å²) in [4.78, 5) is 18.0. The number of nitrogens with zero attached hydrogens (tertiary/aromatic N) is 2. The third kappa shape index (κ3) is 4.87. The summed E-state index contributed by atoms with van der Waals surface area (Å²) in [5.74, 6) is 0.799. The van der Waals surface area contributed by atoms with Gasteiger partial charge in [-0.25, -0.2) is 9.78 Å². The number of aliphatic hydroxyl groups excluding tert-OH is 1. The lowest BCUT2D eigenvalue weighted by Gasteiger charge is -2.33. The van der Waals surface area contributed by atoms with E-state index in [1.807, 2.05) is 32.9 Å². The highest BCUT2D eigenvalue weighted by molar-refractivity contribution is 5.68. The molecule has 1 fully saturated rings. The number of nitrogens with one attached hydrogen (secondary N) is 1. The second kappa shape index (κ2) is 6.96. The lowest BCUT2D eigenvalue weighted by Crippen LogP contribution is -2.44. The van der Waals surface area contributed by atoms with Gasteiger partial charge in [0.25, 0.3) is 0 Å². The summed E-state index contributed by atoms with van der Waals surface area (Å²) in [6.45, 7) is 6.99. The minimum atomic E-state index is -0.454. The van der Waals surface area contributed by atoms with Gasteiger partial charge in [0.1, 0.15) is 11.4 Å². The number of ether oxygens (including phenoxy) is 1. The number of aliphatic hydroxyl groups is 1. The highest BCUT2D eigenvalue weighted by Crippen LogP contribution is 2.18. The van der Waals surface area contributed by atoms with Gasteiger partial charge < -0.3 is 20.1 Å². The molecule has 2 rings (SSSR count). The van der Waals surface area contributed by atoms with Gasteiger partial charge in [-0.15, -0.1) is 0 Å². The molecule has 2 heterocycles. The second-order valence-electron chi connectivity index (χ2n) is 6.60. The van der Waals surface area contributed by atoms with Crippen LogP contribution in [0.25, 0.3) is 0 Å². The minimum Gasteiger partial charge on any atom is -0.444 e. The first kappa shape index (κ1) is 16.5. The topological polar surface area (TPSA) is 74.7 Å². The fourth-order valence-electron chi connectivity index (χ4n) is 2.35. The number of carbonyl (C=O) groups excluding carboxylic acids is 1. The van der Waals surface area contributed by atoms with E-state index in [-0.39, 0.29) is 12.7 Å².